The standard InChI is InChI=1S/C10H14N2O2/c11-2-1-10(13)8-4-12-3-7-5-14-6-9(7)8/h3-4,10,13H,1-2,5-6,11H2. The van der Waals surface area contributed by atoms with E-state index < -0.39 is 6.10 Å². The highest BCUT2D eigenvalue weighted by Crippen LogP contribution is 2.27. The van der Waals surface area contributed by atoms with Gasteiger partial charge in [0.05, 0.1) is 19.3 Å². The van der Waals surface area contributed by atoms with Crippen molar-refractivity contribution in [1.82, 2.24) is 4.98 Å². The molecule has 0 amide bonds. The average Bonchev–Trinajstić information content (AvgIpc) is 2.65. The maximum atomic E-state index is 9.81. The number of hydrogen-bond donors (Lipinski definition) is 2. The van der Waals surface area contributed by atoms with Crippen molar-refractivity contribution in [3.8, 4) is 0 Å². The molecule has 0 bridgehead atoms. The van der Waals surface area contributed by atoms with Gasteiger partial charge in [0, 0.05) is 23.5 Å². The number of aliphatic hydroxyl groups excluding tert-OH is 1. The summed E-state index contributed by atoms with van der Waals surface area (Å²) in [6.45, 7) is 1.66. The van der Waals surface area contributed by atoms with Gasteiger partial charge < -0.3 is 15.6 Å². The Labute approximate surface area is 82.7 Å². The topological polar surface area (TPSA) is 68.4 Å². The Morgan fingerprint density at radius 1 is 1.50 bits per heavy atom. The van der Waals surface area contributed by atoms with Crippen molar-refractivity contribution in [3.63, 3.8) is 0 Å². The molecule has 3 N–H and O–H groups in total. The van der Waals surface area contributed by atoms with Gasteiger partial charge in [-0.3, -0.25) is 4.98 Å². The number of nitrogens with zero attached hydrogens (tertiary/aromatic N) is 1. The van der Waals surface area contributed by atoms with Gasteiger partial charge in [-0.15, -0.1) is 0 Å². The Bertz CT molecular complexity index is 328. The highest BCUT2D eigenvalue weighted by molar-refractivity contribution is 5.34. The van der Waals surface area contributed by atoms with E-state index in [1.165, 1.54) is 0 Å². The normalized spacial score (nSPS) is 16.7. The SMILES string of the molecule is NCCC(O)c1cncc2c1COC2. The van der Waals surface area contributed by atoms with E-state index in [1.807, 2.05) is 0 Å². The first-order valence-electron chi connectivity index (χ1n) is 4.74. The number of fused-ring (bicyclic) bond motifs is 1. The van der Waals surface area contributed by atoms with Crippen molar-refractivity contribution in [2.24, 2.45) is 5.73 Å². The van der Waals surface area contributed by atoms with Crippen molar-refractivity contribution in [3.05, 3.63) is 29.1 Å². The number of aliphatic hydroxyl groups is 1. The van der Waals surface area contributed by atoms with Crippen molar-refractivity contribution < 1.29 is 9.84 Å². The second-order valence-corrected chi connectivity index (χ2v) is 3.45. The third kappa shape index (κ3) is 1.64. The van der Waals surface area contributed by atoms with Crippen LogP contribution in [0.25, 0.3) is 0 Å². The summed E-state index contributed by atoms with van der Waals surface area (Å²) in [5.41, 5.74) is 8.43. The van der Waals surface area contributed by atoms with Crippen LogP contribution in [0.1, 0.15) is 29.2 Å². The Kier molecular flexibility index (Phi) is 2.77. The summed E-state index contributed by atoms with van der Waals surface area (Å²) in [6.07, 6.45) is 3.55. The molecule has 1 unspecified atom stereocenters. The first-order chi connectivity index (χ1) is 6.83. The first-order valence-corrected chi connectivity index (χ1v) is 4.74. The molecule has 0 saturated carbocycles. The van der Waals surface area contributed by atoms with Gasteiger partial charge >= 0.3 is 0 Å². The number of pyridine rings is 1. The summed E-state index contributed by atoms with van der Waals surface area (Å²) in [7, 11) is 0. The molecule has 0 saturated heterocycles. The monoisotopic (exact) mass is 194 g/mol. The number of hydrogen-bond acceptors (Lipinski definition) is 4. The fraction of sp³-hybridized carbons (Fsp3) is 0.500. The molecule has 0 aromatic carbocycles. The summed E-state index contributed by atoms with van der Waals surface area (Å²) in [5.74, 6) is 0. The molecule has 76 valence electrons. The zero-order valence-corrected chi connectivity index (χ0v) is 7.94. The molecule has 0 radical (unpaired) electrons. The van der Waals surface area contributed by atoms with E-state index in [4.69, 9.17) is 10.5 Å². The lowest BCUT2D eigenvalue weighted by Gasteiger charge is -2.12. The van der Waals surface area contributed by atoms with Gasteiger partial charge in [-0.05, 0) is 18.5 Å². The molecule has 14 heavy (non-hydrogen) atoms. The highest BCUT2D eigenvalue weighted by atomic mass is 16.5. The van der Waals surface area contributed by atoms with E-state index in [0.717, 1.165) is 16.7 Å². The van der Waals surface area contributed by atoms with Crippen LogP contribution in [-0.4, -0.2) is 16.6 Å². The van der Waals surface area contributed by atoms with Gasteiger partial charge in [0.1, 0.15) is 0 Å². The largest absolute Gasteiger partial charge is 0.388 e. The van der Waals surface area contributed by atoms with Crippen molar-refractivity contribution in [2.75, 3.05) is 6.54 Å². The summed E-state index contributed by atoms with van der Waals surface area (Å²) < 4.78 is 5.30. The molecule has 1 aliphatic heterocycles. The predicted octanol–water partition coefficient (Wildman–Crippen LogP) is 0.494. The second-order valence-electron chi connectivity index (χ2n) is 3.45. The van der Waals surface area contributed by atoms with Crippen LogP contribution in [0.5, 0.6) is 0 Å². The van der Waals surface area contributed by atoms with Gasteiger partial charge in [0.25, 0.3) is 0 Å². The second kappa shape index (κ2) is 4.04. The lowest BCUT2D eigenvalue weighted by Crippen LogP contribution is -2.09. The van der Waals surface area contributed by atoms with Crippen LogP contribution >= 0.6 is 0 Å². The quantitative estimate of drug-likeness (QED) is 0.735. The molecular formula is C10H14N2O2. The van der Waals surface area contributed by atoms with Crippen LogP contribution in [0.4, 0.5) is 0 Å². The molecule has 0 fully saturated rings. The Hall–Kier alpha value is -0.970. The molecule has 1 atom stereocenters. The first kappa shape index (κ1) is 9.58. The molecule has 4 nitrogen and oxygen atoms in total. The third-order valence-corrected chi connectivity index (χ3v) is 2.48. The van der Waals surface area contributed by atoms with Crippen LogP contribution in [-0.2, 0) is 18.0 Å². The lowest BCUT2D eigenvalue weighted by molar-refractivity contribution is 0.130. The maximum Gasteiger partial charge on any atom is 0.0820 e. The fourth-order valence-electron chi connectivity index (χ4n) is 1.71. The number of nitrogens with two attached hydrogens (primary N) is 1. The molecule has 0 spiro atoms. The third-order valence-electron chi connectivity index (χ3n) is 2.48. The van der Waals surface area contributed by atoms with E-state index in [9.17, 15) is 5.11 Å². The van der Waals surface area contributed by atoms with Crippen LogP contribution in [0.15, 0.2) is 12.4 Å². The van der Waals surface area contributed by atoms with E-state index in [0.29, 0.717) is 26.2 Å². The summed E-state index contributed by atoms with van der Waals surface area (Å²) in [4.78, 5) is 4.08. The molecule has 1 aliphatic rings. The fourth-order valence-corrected chi connectivity index (χ4v) is 1.71. The number of rotatable bonds is 3. The van der Waals surface area contributed by atoms with Gasteiger partial charge in [-0.1, -0.05) is 0 Å². The summed E-state index contributed by atoms with van der Waals surface area (Å²) in [5, 5.41) is 9.81. The minimum absolute atomic E-state index is 0.478. The van der Waals surface area contributed by atoms with Crippen molar-refractivity contribution in [2.45, 2.75) is 25.7 Å². The minimum atomic E-state index is -0.510. The van der Waals surface area contributed by atoms with E-state index in [1.54, 1.807) is 12.4 Å². The van der Waals surface area contributed by atoms with E-state index in [2.05, 4.69) is 4.98 Å². The van der Waals surface area contributed by atoms with Gasteiger partial charge in [-0.25, -0.2) is 0 Å². The minimum Gasteiger partial charge on any atom is -0.388 e. The van der Waals surface area contributed by atoms with Crippen LogP contribution in [0, 0.1) is 0 Å². The number of ether oxygens (including phenoxy) is 1. The van der Waals surface area contributed by atoms with Crippen molar-refractivity contribution in [1.29, 1.82) is 0 Å². The summed E-state index contributed by atoms with van der Waals surface area (Å²) in [6, 6.07) is 0. The van der Waals surface area contributed by atoms with Gasteiger partial charge in [-0.2, -0.15) is 0 Å². The predicted molar refractivity (Wildman–Crippen MR) is 51.4 cm³/mol. The van der Waals surface area contributed by atoms with Crippen LogP contribution in [0.2, 0.25) is 0 Å². The zero-order valence-electron chi connectivity index (χ0n) is 7.94. The van der Waals surface area contributed by atoms with E-state index in [-0.39, 0.29) is 0 Å². The highest BCUT2D eigenvalue weighted by Gasteiger charge is 2.19. The van der Waals surface area contributed by atoms with E-state index >= 15 is 0 Å². The lowest BCUT2D eigenvalue weighted by atomic mass is 10.0. The smallest absolute Gasteiger partial charge is 0.0820 e. The van der Waals surface area contributed by atoms with Gasteiger partial charge in [0.15, 0.2) is 0 Å². The summed E-state index contributed by atoms with van der Waals surface area (Å²) >= 11 is 0. The number of aromatic nitrogens is 1. The van der Waals surface area contributed by atoms with Crippen molar-refractivity contribution >= 4 is 0 Å². The van der Waals surface area contributed by atoms with Crippen LogP contribution < -0.4 is 5.73 Å². The molecule has 1 aromatic heterocycles. The zero-order chi connectivity index (χ0) is 9.97. The maximum absolute atomic E-state index is 9.81. The average molecular weight is 194 g/mol. The van der Waals surface area contributed by atoms with Gasteiger partial charge in [0.2, 0.25) is 0 Å². The van der Waals surface area contributed by atoms with Crippen LogP contribution in [0.3, 0.4) is 0 Å². The Balaban J connectivity index is 2.29. The molecule has 1 aromatic rings. The molecule has 2 heterocycles. The Morgan fingerprint density at radius 2 is 2.36 bits per heavy atom. The molecule has 4 heteroatoms. The molecular weight excluding hydrogens is 180 g/mol. The molecule has 2 rings (SSSR count). The molecule has 0 aliphatic carbocycles. The Morgan fingerprint density at radius 3 is 3.14 bits per heavy atom.